The van der Waals surface area contributed by atoms with Crippen molar-refractivity contribution < 1.29 is 0 Å². The van der Waals surface area contributed by atoms with Gasteiger partial charge in [-0.1, -0.05) is 21.8 Å². The average molecular weight is 134 g/mol. The molecule has 0 bridgehead atoms. The third kappa shape index (κ3) is 18.1. The van der Waals surface area contributed by atoms with Crippen molar-refractivity contribution in [1.82, 2.24) is 5.32 Å². The minimum Gasteiger partial charge on any atom is -0.329 e. The molecule has 0 aromatic heterocycles. The summed E-state index contributed by atoms with van der Waals surface area (Å²) in [6.45, 7) is 4.94. The van der Waals surface area contributed by atoms with Gasteiger partial charge in [0.05, 0.1) is 0 Å². The summed E-state index contributed by atoms with van der Waals surface area (Å²) in [6, 6.07) is 0. The van der Waals surface area contributed by atoms with E-state index < -0.39 is 0 Å². The molecule has 0 atom stereocenters. The number of rotatable bonds is 4. The Morgan fingerprint density at radius 1 is 1.22 bits per heavy atom. The van der Waals surface area contributed by atoms with Gasteiger partial charge in [-0.15, -0.1) is 0 Å². The lowest BCUT2D eigenvalue weighted by atomic mass is 10.5. The summed E-state index contributed by atoms with van der Waals surface area (Å²) in [4.78, 5) is 0. The molecule has 0 aliphatic heterocycles. The molecule has 0 saturated heterocycles. The van der Waals surface area contributed by atoms with E-state index in [0.717, 1.165) is 19.6 Å². The van der Waals surface area contributed by atoms with Gasteiger partial charge in [0.2, 0.25) is 0 Å². The second-order valence-electron chi connectivity index (χ2n) is 1.54. The van der Waals surface area contributed by atoms with Crippen molar-refractivity contribution in [3.63, 3.8) is 0 Å². The highest BCUT2D eigenvalue weighted by Crippen LogP contribution is 1.65. The second kappa shape index (κ2) is 15.7. The largest absolute Gasteiger partial charge is 0.329 e. The van der Waals surface area contributed by atoms with E-state index in [1.54, 1.807) is 0 Å². The molecule has 0 unspecified atom stereocenters. The first-order valence-corrected chi connectivity index (χ1v) is 2.82. The minimum atomic E-state index is 0. The predicted octanol–water partition coefficient (Wildman–Crippen LogP) is 1.22. The van der Waals surface area contributed by atoms with Crippen LogP contribution in [0, 0.1) is 0 Å². The Hall–Kier alpha value is -0.0800. The molecule has 2 heteroatoms. The van der Waals surface area contributed by atoms with Crippen molar-refractivity contribution in [3.05, 3.63) is 0 Å². The standard InChI is InChI=1S/C5H14N2.2CH4/c1-2-4-7-5-3-6;;/h7H,2-6H2,1H3;2*1H4. The Balaban J connectivity index is -0.000000180. The van der Waals surface area contributed by atoms with E-state index in [9.17, 15) is 0 Å². The van der Waals surface area contributed by atoms with Gasteiger partial charge in [0.1, 0.15) is 0 Å². The fraction of sp³-hybridized carbons (Fsp3) is 1.00. The van der Waals surface area contributed by atoms with E-state index in [-0.39, 0.29) is 14.9 Å². The minimum absolute atomic E-state index is 0. The molecule has 0 fully saturated rings. The smallest absolute Gasteiger partial charge is 0.00744 e. The maximum absolute atomic E-state index is 5.21. The molecule has 60 valence electrons. The Morgan fingerprint density at radius 3 is 2.11 bits per heavy atom. The summed E-state index contributed by atoms with van der Waals surface area (Å²) in [5, 5.41) is 3.16. The van der Waals surface area contributed by atoms with Gasteiger partial charge >= 0.3 is 0 Å². The van der Waals surface area contributed by atoms with Crippen LogP contribution in [0.15, 0.2) is 0 Å². The Kier molecular flexibility index (Phi) is 27.8. The molecular formula is C7H22N2. The SMILES string of the molecule is C.C.CCCNCCN. The number of nitrogens with two attached hydrogens (primary N) is 1. The Morgan fingerprint density at radius 2 is 1.78 bits per heavy atom. The first kappa shape index (κ1) is 16.0. The van der Waals surface area contributed by atoms with Crippen LogP contribution in [0.4, 0.5) is 0 Å². The van der Waals surface area contributed by atoms with Crippen LogP contribution in [0.1, 0.15) is 28.2 Å². The van der Waals surface area contributed by atoms with Crippen LogP contribution in [0.2, 0.25) is 0 Å². The second-order valence-corrected chi connectivity index (χ2v) is 1.54. The summed E-state index contributed by atoms with van der Waals surface area (Å²) < 4.78 is 0. The van der Waals surface area contributed by atoms with Crippen LogP contribution >= 0.6 is 0 Å². The highest BCUT2D eigenvalue weighted by Gasteiger charge is 1.76. The van der Waals surface area contributed by atoms with Gasteiger partial charge < -0.3 is 11.1 Å². The maximum Gasteiger partial charge on any atom is 0.00744 e. The van der Waals surface area contributed by atoms with Crippen molar-refractivity contribution in [2.75, 3.05) is 19.6 Å². The molecule has 2 nitrogen and oxygen atoms in total. The van der Waals surface area contributed by atoms with Crippen molar-refractivity contribution in [2.24, 2.45) is 5.73 Å². The normalized spacial score (nSPS) is 7.33. The third-order valence-corrected chi connectivity index (χ3v) is 0.748. The van der Waals surface area contributed by atoms with E-state index in [1.807, 2.05) is 0 Å². The third-order valence-electron chi connectivity index (χ3n) is 0.748. The first-order chi connectivity index (χ1) is 3.41. The van der Waals surface area contributed by atoms with E-state index in [2.05, 4.69) is 12.2 Å². The van der Waals surface area contributed by atoms with Gasteiger partial charge in [-0.25, -0.2) is 0 Å². The molecule has 0 aliphatic carbocycles. The van der Waals surface area contributed by atoms with Crippen molar-refractivity contribution >= 4 is 0 Å². The number of nitrogens with one attached hydrogen (secondary N) is 1. The lowest BCUT2D eigenvalue weighted by Gasteiger charge is -1.95. The fourth-order valence-electron chi connectivity index (χ4n) is 0.404. The number of hydrogen-bond donors (Lipinski definition) is 2. The van der Waals surface area contributed by atoms with E-state index in [1.165, 1.54) is 6.42 Å². The molecular weight excluding hydrogens is 112 g/mol. The van der Waals surface area contributed by atoms with Gasteiger partial charge in [0.25, 0.3) is 0 Å². The summed E-state index contributed by atoms with van der Waals surface area (Å²) >= 11 is 0. The van der Waals surface area contributed by atoms with Gasteiger partial charge in [-0.2, -0.15) is 0 Å². The molecule has 0 aromatic rings. The summed E-state index contributed by atoms with van der Waals surface area (Å²) in [7, 11) is 0. The van der Waals surface area contributed by atoms with Gasteiger partial charge in [0, 0.05) is 13.1 Å². The molecule has 0 amide bonds. The van der Waals surface area contributed by atoms with Crippen LogP contribution in [0.5, 0.6) is 0 Å². The molecule has 0 spiro atoms. The fourth-order valence-corrected chi connectivity index (χ4v) is 0.404. The van der Waals surface area contributed by atoms with Gasteiger partial charge in [-0.3, -0.25) is 0 Å². The molecule has 3 N–H and O–H groups in total. The molecule has 0 saturated carbocycles. The lowest BCUT2D eigenvalue weighted by molar-refractivity contribution is 0.678. The quantitative estimate of drug-likeness (QED) is 0.567. The van der Waals surface area contributed by atoms with Crippen LogP contribution in [-0.4, -0.2) is 19.6 Å². The van der Waals surface area contributed by atoms with Gasteiger partial charge in [0.15, 0.2) is 0 Å². The highest BCUT2D eigenvalue weighted by atomic mass is 14.9. The molecule has 0 aliphatic rings. The van der Waals surface area contributed by atoms with Gasteiger partial charge in [-0.05, 0) is 13.0 Å². The van der Waals surface area contributed by atoms with E-state index >= 15 is 0 Å². The Bertz CT molecular complexity index is 26.1. The lowest BCUT2D eigenvalue weighted by Crippen LogP contribution is -2.22. The van der Waals surface area contributed by atoms with Crippen LogP contribution in [-0.2, 0) is 0 Å². The predicted molar refractivity (Wildman–Crippen MR) is 45.7 cm³/mol. The average Bonchev–Trinajstić information content (AvgIpc) is 1.69. The zero-order valence-corrected chi connectivity index (χ0v) is 4.91. The molecule has 0 rings (SSSR count). The van der Waals surface area contributed by atoms with Crippen LogP contribution in [0.3, 0.4) is 0 Å². The van der Waals surface area contributed by atoms with E-state index in [0.29, 0.717) is 0 Å². The van der Waals surface area contributed by atoms with Crippen molar-refractivity contribution in [2.45, 2.75) is 28.2 Å². The summed E-state index contributed by atoms with van der Waals surface area (Å²) in [5.41, 5.74) is 5.21. The number of hydrogen-bond acceptors (Lipinski definition) is 2. The van der Waals surface area contributed by atoms with Crippen molar-refractivity contribution in [1.29, 1.82) is 0 Å². The van der Waals surface area contributed by atoms with Crippen molar-refractivity contribution in [3.8, 4) is 0 Å². The molecule has 0 radical (unpaired) electrons. The zero-order chi connectivity index (χ0) is 5.54. The molecule has 0 heterocycles. The zero-order valence-electron chi connectivity index (χ0n) is 4.91. The summed E-state index contributed by atoms with van der Waals surface area (Å²) in [6.07, 6.45) is 1.19. The highest BCUT2D eigenvalue weighted by molar-refractivity contribution is 4.42. The van der Waals surface area contributed by atoms with Crippen LogP contribution < -0.4 is 11.1 Å². The topological polar surface area (TPSA) is 38.0 Å². The first-order valence-electron chi connectivity index (χ1n) is 2.82. The molecule has 0 aromatic carbocycles. The monoisotopic (exact) mass is 134 g/mol. The maximum atomic E-state index is 5.21. The van der Waals surface area contributed by atoms with E-state index in [4.69, 9.17) is 5.73 Å². The molecule has 9 heavy (non-hydrogen) atoms. The van der Waals surface area contributed by atoms with Crippen LogP contribution in [0.25, 0.3) is 0 Å². The Labute approximate surface area is 59.8 Å². The summed E-state index contributed by atoms with van der Waals surface area (Å²) in [5.74, 6) is 0.